The summed E-state index contributed by atoms with van der Waals surface area (Å²) in [7, 11) is 0. The molecule has 1 aliphatic rings. The number of amides is 1. The van der Waals surface area contributed by atoms with E-state index in [-0.39, 0.29) is 10.7 Å². The lowest BCUT2D eigenvalue weighted by Crippen LogP contribution is -2.45. The molecule has 0 aliphatic heterocycles. The Kier molecular flexibility index (Phi) is 5.04. The predicted octanol–water partition coefficient (Wildman–Crippen LogP) is 2.38. The smallest absolute Gasteiger partial charge is 0.282 e. The van der Waals surface area contributed by atoms with Crippen molar-refractivity contribution in [2.24, 2.45) is 0 Å². The van der Waals surface area contributed by atoms with Crippen LogP contribution in [-0.2, 0) is 0 Å². The molecule has 0 aromatic carbocycles. The maximum atomic E-state index is 12.0. The molecule has 1 fully saturated rings. The van der Waals surface area contributed by atoms with Crippen molar-refractivity contribution in [2.45, 2.75) is 37.4 Å². The van der Waals surface area contributed by atoms with Crippen LogP contribution >= 0.6 is 23.1 Å². The van der Waals surface area contributed by atoms with Gasteiger partial charge in [0, 0.05) is 17.8 Å². The second-order valence-corrected chi connectivity index (χ2v) is 7.01. The highest BCUT2D eigenvalue weighted by Gasteiger charge is 2.36. The fraction of sp³-hybridized carbons (Fsp3) is 0.750. The first-order valence-electron chi connectivity index (χ1n) is 6.60. The molecule has 0 radical (unpaired) electrons. The van der Waals surface area contributed by atoms with Gasteiger partial charge in [-0.1, -0.05) is 24.7 Å². The zero-order valence-corrected chi connectivity index (χ0v) is 13.0. The molecule has 0 atom stereocenters. The number of hydrogen-bond donors (Lipinski definition) is 2. The summed E-state index contributed by atoms with van der Waals surface area (Å²) in [5.41, 5.74) is 0. The van der Waals surface area contributed by atoms with E-state index in [1.54, 1.807) is 0 Å². The molecule has 1 aliphatic carbocycles. The number of anilines is 1. The summed E-state index contributed by atoms with van der Waals surface area (Å²) in [4.78, 5) is 12.0. The Morgan fingerprint density at radius 3 is 2.84 bits per heavy atom. The third-order valence-corrected chi connectivity index (χ3v) is 5.71. The summed E-state index contributed by atoms with van der Waals surface area (Å²) in [6.07, 6.45) is 6.78. The molecule has 7 heteroatoms. The number of rotatable bonds is 7. The Hall–Kier alpha value is -0.820. The van der Waals surface area contributed by atoms with Gasteiger partial charge in [0.15, 0.2) is 0 Å². The van der Waals surface area contributed by atoms with Crippen LogP contribution < -0.4 is 10.6 Å². The summed E-state index contributed by atoms with van der Waals surface area (Å²) in [5, 5.41) is 15.2. The number of carbonyl (C=O) groups excluding carboxylic acids is 1. The van der Waals surface area contributed by atoms with Gasteiger partial charge in [-0.25, -0.2) is 0 Å². The Labute approximate surface area is 122 Å². The van der Waals surface area contributed by atoms with E-state index < -0.39 is 0 Å². The summed E-state index contributed by atoms with van der Waals surface area (Å²) >= 11 is 3.17. The van der Waals surface area contributed by atoms with Crippen molar-refractivity contribution in [3.63, 3.8) is 0 Å². The largest absolute Gasteiger partial charge is 0.360 e. The molecule has 2 N–H and O–H groups in total. The van der Waals surface area contributed by atoms with Crippen LogP contribution in [0.4, 0.5) is 5.13 Å². The normalized spacial score (nSPS) is 16.7. The summed E-state index contributed by atoms with van der Waals surface area (Å²) in [6, 6.07) is 0. The minimum atomic E-state index is -0.109. The number of nitrogens with one attached hydrogen (secondary N) is 2. The first-order valence-corrected chi connectivity index (χ1v) is 8.64. The van der Waals surface area contributed by atoms with Gasteiger partial charge in [-0.15, -0.1) is 10.2 Å². The SMILES string of the molecule is CCCNc1nnc(C(=O)NCC2(SC)CCC2)s1. The highest BCUT2D eigenvalue weighted by atomic mass is 32.2. The molecule has 0 spiro atoms. The summed E-state index contributed by atoms with van der Waals surface area (Å²) in [6.45, 7) is 3.66. The van der Waals surface area contributed by atoms with Crippen molar-refractivity contribution in [2.75, 3.05) is 24.7 Å². The van der Waals surface area contributed by atoms with Gasteiger partial charge in [-0.3, -0.25) is 4.79 Å². The zero-order chi connectivity index (χ0) is 13.7. The van der Waals surface area contributed by atoms with E-state index >= 15 is 0 Å². The number of thioether (sulfide) groups is 1. The lowest BCUT2D eigenvalue weighted by atomic mass is 9.84. The fourth-order valence-corrected chi connectivity index (χ4v) is 3.56. The quantitative estimate of drug-likeness (QED) is 0.809. The van der Waals surface area contributed by atoms with E-state index in [2.05, 4.69) is 34.0 Å². The monoisotopic (exact) mass is 300 g/mol. The minimum Gasteiger partial charge on any atom is -0.360 e. The van der Waals surface area contributed by atoms with Crippen molar-refractivity contribution < 1.29 is 4.79 Å². The number of carbonyl (C=O) groups is 1. The Bertz CT molecular complexity index is 426. The molecule has 1 heterocycles. The van der Waals surface area contributed by atoms with Gasteiger partial charge in [-0.05, 0) is 25.5 Å². The first-order chi connectivity index (χ1) is 9.19. The molecule has 0 unspecified atom stereocenters. The second-order valence-electron chi connectivity index (χ2n) is 4.76. The first kappa shape index (κ1) is 14.6. The van der Waals surface area contributed by atoms with Crippen molar-refractivity contribution >= 4 is 34.1 Å². The van der Waals surface area contributed by atoms with Crippen LogP contribution in [0, 0.1) is 0 Å². The van der Waals surface area contributed by atoms with E-state index in [4.69, 9.17) is 0 Å². The number of aromatic nitrogens is 2. The van der Waals surface area contributed by atoms with E-state index in [0.29, 0.717) is 5.01 Å². The van der Waals surface area contributed by atoms with Crippen molar-refractivity contribution in [3.8, 4) is 0 Å². The highest BCUT2D eigenvalue weighted by Crippen LogP contribution is 2.42. The Balaban J connectivity index is 1.84. The molecule has 0 saturated heterocycles. The standard InChI is InChI=1S/C12H20N4OS2/c1-3-7-13-11-16-15-10(19-11)9(17)14-8-12(18-2)5-4-6-12/h3-8H2,1-2H3,(H,13,16)(H,14,17). The molecule has 1 amide bonds. The van der Waals surface area contributed by atoms with Crippen LogP contribution in [0.1, 0.15) is 42.4 Å². The van der Waals surface area contributed by atoms with Crippen molar-refractivity contribution in [1.82, 2.24) is 15.5 Å². The van der Waals surface area contributed by atoms with E-state index in [0.717, 1.165) is 24.6 Å². The molecule has 19 heavy (non-hydrogen) atoms. The van der Waals surface area contributed by atoms with E-state index in [9.17, 15) is 4.79 Å². The molecule has 0 bridgehead atoms. The van der Waals surface area contributed by atoms with Crippen LogP contribution in [0.5, 0.6) is 0 Å². The minimum absolute atomic E-state index is 0.109. The van der Waals surface area contributed by atoms with Gasteiger partial charge in [-0.2, -0.15) is 11.8 Å². The average molecular weight is 300 g/mol. The van der Waals surface area contributed by atoms with Gasteiger partial charge in [0.05, 0.1) is 0 Å². The van der Waals surface area contributed by atoms with Gasteiger partial charge in [0.1, 0.15) is 0 Å². The molecule has 5 nitrogen and oxygen atoms in total. The predicted molar refractivity (Wildman–Crippen MR) is 81.1 cm³/mol. The van der Waals surface area contributed by atoms with Crippen molar-refractivity contribution in [3.05, 3.63) is 5.01 Å². The van der Waals surface area contributed by atoms with Crippen LogP contribution in [0.15, 0.2) is 0 Å². The summed E-state index contributed by atoms with van der Waals surface area (Å²) < 4.78 is 0.254. The highest BCUT2D eigenvalue weighted by molar-refractivity contribution is 8.00. The molecule has 1 aromatic rings. The van der Waals surface area contributed by atoms with E-state index in [1.165, 1.54) is 30.6 Å². The Morgan fingerprint density at radius 1 is 1.47 bits per heavy atom. The molecular weight excluding hydrogens is 280 g/mol. The summed E-state index contributed by atoms with van der Waals surface area (Å²) in [5.74, 6) is -0.109. The van der Waals surface area contributed by atoms with Gasteiger partial charge in [0.2, 0.25) is 10.1 Å². The van der Waals surface area contributed by atoms with Gasteiger partial charge in [0.25, 0.3) is 5.91 Å². The van der Waals surface area contributed by atoms with Crippen LogP contribution in [0.25, 0.3) is 0 Å². The molecular formula is C12H20N4OS2. The maximum absolute atomic E-state index is 12.0. The second kappa shape index (κ2) is 6.56. The number of hydrogen-bond acceptors (Lipinski definition) is 6. The third-order valence-electron chi connectivity index (χ3n) is 3.41. The van der Waals surface area contributed by atoms with Crippen LogP contribution in [-0.4, -0.2) is 40.2 Å². The third kappa shape index (κ3) is 3.60. The molecule has 1 saturated carbocycles. The zero-order valence-electron chi connectivity index (χ0n) is 11.4. The fourth-order valence-electron chi connectivity index (χ4n) is 1.96. The average Bonchev–Trinajstić information content (AvgIpc) is 2.84. The van der Waals surface area contributed by atoms with Crippen molar-refractivity contribution in [1.29, 1.82) is 0 Å². The van der Waals surface area contributed by atoms with Gasteiger partial charge >= 0.3 is 0 Å². The van der Waals surface area contributed by atoms with Crippen LogP contribution in [0.3, 0.4) is 0 Å². The number of nitrogens with zero attached hydrogens (tertiary/aromatic N) is 2. The maximum Gasteiger partial charge on any atom is 0.282 e. The topological polar surface area (TPSA) is 66.9 Å². The molecule has 106 valence electrons. The Morgan fingerprint density at radius 2 is 2.26 bits per heavy atom. The molecule has 2 rings (SSSR count). The molecule has 1 aromatic heterocycles. The van der Waals surface area contributed by atoms with E-state index in [1.807, 2.05) is 11.8 Å². The van der Waals surface area contributed by atoms with Gasteiger partial charge < -0.3 is 10.6 Å². The lowest BCUT2D eigenvalue weighted by molar-refractivity contribution is 0.0943. The lowest BCUT2D eigenvalue weighted by Gasteiger charge is -2.40. The van der Waals surface area contributed by atoms with Crippen LogP contribution in [0.2, 0.25) is 0 Å².